The van der Waals surface area contributed by atoms with Crippen LogP contribution in [0, 0.1) is 0 Å². The van der Waals surface area contributed by atoms with Crippen LogP contribution in [0.1, 0.15) is 23.1 Å². The van der Waals surface area contributed by atoms with E-state index >= 15 is 0 Å². The molecule has 0 aliphatic rings. The van der Waals surface area contributed by atoms with Crippen LogP contribution in [-0.2, 0) is 13.0 Å². The van der Waals surface area contributed by atoms with Gasteiger partial charge in [-0.25, -0.2) is 9.78 Å². The molecule has 25 heavy (non-hydrogen) atoms. The van der Waals surface area contributed by atoms with Gasteiger partial charge in [-0.3, -0.25) is 0 Å². The molecule has 3 rings (SSSR count). The lowest BCUT2D eigenvalue weighted by Gasteiger charge is -2.15. The number of fused-ring (bicyclic) bond motifs is 1. The number of aromatic nitrogens is 2. The van der Waals surface area contributed by atoms with E-state index in [0.29, 0.717) is 12.3 Å². The van der Waals surface area contributed by atoms with Crippen LogP contribution in [0.15, 0.2) is 48.5 Å². The molecule has 0 amide bonds. The lowest BCUT2D eigenvalue weighted by Crippen LogP contribution is -2.24. The first-order valence-corrected chi connectivity index (χ1v) is 8.17. The van der Waals surface area contributed by atoms with E-state index in [0.717, 1.165) is 23.3 Å². The summed E-state index contributed by atoms with van der Waals surface area (Å²) < 4.78 is 7.57. The van der Waals surface area contributed by atoms with Gasteiger partial charge in [-0.1, -0.05) is 19.1 Å². The second-order valence-corrected chi connectivity index (χ2v) is 5.78. The Labute approximate surface area is 145 Å². The molecule has 0 unspecified atom stereocenters. The molecule has 2 aromatic carbocycles. The maximum Gasteiger partial charge on any atom is 0.335 e. The zero-order chi connectivity index (χ0) is 17.8. The molecule has 3 aromatic rings. The van der Waals surface area contributed by atoms with E-state index in [1.165, 1.54) is 12.1 Å². The molecule has 0 radical (unpaired) electrons. The fraction of sp³-hybridized carbons (Fsp3) is 0.263. The first-order valence-electron chi connectivity index (χ1n) is 8.17. The van der Waals surface area contributed by atoms with Crippen molar-refractivity contribution in [1.82, 2.24) is 9.55 Å². The van der Waals surface area contributed by atoms with Gasteiger partial charge in [-0.05, 0) is 36.4 Å². The van der Waals surface area contributed by atoms with Crippen molar-refractivity contribution in [1.29, 1.82) is 0 Å². The summed E-state index contributed by atoms with van der Waals surface area (Å²) in [5.41, 5.74) is 2.10. The van der Waals surface area contributed by atoms with Crippen molar-refractivity contribution in [2.24, 2.45) is 0 Å². The Hall–Kier alpha value is -2.86. The van der Waals surface area contributed by atoms with Crippen LogP contribution in [0.5, 0.6) is 5.75 Å². The number of nitrogens with zero attached hydrogens (tertiary/aromatic N) is 2. The van der Waals surface area contributed by atoms with Gasteiger partial charge < -0.3 is 19.5 Å². The fourth-order valence-corrected chi connectivity index (χ4v) is 2.75. The highest BCUT2D eigenvalue weighted by atomic mass is 16.5. The summed E-state index contributed by atoms with van der Waals surface area (Å²) in [6.45, 7) is 2.53. The second-order valence-electron chi connectivity index (χ2n) is 5.78. The molecule has 0 saturated heterocycles. The lowest BCUT2D eigenvalue weighted by molar-refractivity contribution is 0.0696. The number of aromatic carboxylic acids is 1. The minimum Gasteiger partial charge on any atom is -0.491 e. The van der Waals surface area contributed by atoms with Crippen LogP contribution in [0.3, 0.4) is 0 Å². The number of aliphatic hydroxyl groups is 1. The van der Waals surface area contributed by atoms with E-state index in [4.69, 9.17) is 9.84 Å². The highest BCUT2D eigenvalue weighted by molar-refractivity contribution is 5.87. The molecule has 0 aliphatic heterocycles. The summed E-state index contributed by atoms with van der Waals surface area (Å²) in [6.07, 6.45) is 0.0703. The summed E-state index contributed by atoms with van der Waals surface area (Å²) in [5.74, 6) is 0.465. The van der Waals surface area contributed by atoms with Gasteiger partial charge in [0.2, 0.25) is 0 Å². The third-order valence-corrected chi connectivity index (χ3v) is 3.99. The summed E-state index contributed by atoms with van der Waals surface area (Å²) in [7, 11) is 0. The molecule has 1 aromatic heterocycles. The largest absolute Gasteiger partial charge is 0.491 e. The molecule has 1 atom stereocenters. The number of carbonyl (C=O) groups is 1. The maximum absolute atomic E-state index is 10.8. The number of aryl methyl sites for hydroxylation is 1. The van der Waals surface area contributed by atoms with Gasteiger partial charge in [0.25, 0.3) is 0 Å². The number of benzene rings is 2. The average molecular weight is 340 g/mol. The first kappa shape index (κ1) is 17.0. The number of imidazole rings is 1. The predicted molar refractivity (Wildman–Crippen MR) is 94.0 cm³/mol. The smallest absolute Gasteiger partial charge is 0.335 e. The second kappa shape index (κ2) is 7.36. The predicted octanol–water partition coefficient (Wildman–Crippen LogP) is 2.74. The quantitative estimate of drug-likeness (QED) is 0.691. The van der Waals surface area contributed by atoms with E-state index in [2.05, 4.69) is 4.98 Å². The van der Waals surface area contributed by atoms with Gasteiger partial charge in [-0.15, -0.1) is 0 Å². The zero-order valence-electron chi connectivity index (χ0n) is 13.9. The van der Waals surface area contributed by atoms with Crippen LogP contribution in [0.2, 0.25) is 0 Å². The summed E-state index contributed by atoms with van der Waals surface area (Å²) >= 11 is 0. The number of carboxylic acids is 1. The third-order valence-electron chi connectivity index (χ3n) is 3.99. The highest BCUT2D eigenvalue weighted by Crippen LogP contribution is 2.18. The number of hydrogen-bond donors (Lipinski definition) is 2. The van der Waals surface area contributed by atoms with E-state index < -0.39 is 12.1 Å². The molecule has 1 heterocycles. The Morgan fingerprint density at radius 2 is 1.92 bits per heavy atom. The molecule has 0 saturated carbocycles. The molecule has 0 fully saturated rings. The van der Waals surface area contributed by atoms with Gasteiger partial charge in [0.05, 0.1) is 23.1 Å². The van der Waals surface area contributed by atoms with Crippen LogP contribution in [-0.4, -0.2) is 38.4 Å². The molecule has 2 N–H and O–H groups in total. The van der Waals surface area contributed by atoms with Crippen LogP contribution in [0.25, 0.3) is 11.0 Å². The molecule has 6 heteroatoms. The Bertz CT molecular complexity index is 871. The van der Waals surface area contributed by atoms with Crippen molar-refractivity contribution in [3.8, 4) is 5.75 Å². The zero-order valence-corrected chi connectivity index (χ0v) is 13.9. The number of ether oxygens (including phenoxy) is 1. The fourth-order valence-electron chi connectivity index (χ4n) is 2.75. The normalized spacial score (nSPS) is 12.2. The molecular formula is C19H20N2O4. The molecule has 0 aliphatic carbocycles. The summed E-state index contributed by atoms with van der Waals surface area (Å²) in [6, 6.07) is 14.0. The number of carboxylic acid groups (broad SMARTS) is 1. The molecule has 0 spiro atoms. The minimum atomic E-state index is -0.981. The Balaban J connectivity index is 1.66. The summed E-state index contributed by atoms with van der Waals surface area (Å²) in [4.78, 5) is 15.4. The van der Waals surface area contributed by atoms with Gasteiger partial charge in [0, 0.05) is 6.42 Å². The van der Waals surface area contributed by atoms with E-state index in [1.807, 2.05) is 35.8 Å². The molecule has 6 nitrogen and oxygen atoms in total. The first-order chi connectivity index (χ1) is 12.1. The van der Waals surface area contributed by atoms with Crippen molar-refractivity contribution in [3.05, 3.63) is 59.9 Å². The van der Waals surface area contributed by atoms with Crippen LogP contribution < -0.4 is 4.74 Å². The molecule has 130 valence electrons. The van der Waals surface area contributed by atoms with Crippen molar-refractivity contribution >= 4 is 17.0 Å². The Morgan fingerprint density at radius 3 is 2.60 bits per heavy atom. The summed E-state index contributed by atoms with van der Waals surface area (Å²) in [5, 5.41) is 19.2. The Morgan fingerprint density at radius 1 is 1.20 bits per heavy atom. The number of hydrogen-bond acceptors (Lipinski definition) is 4. The van der Waals surface area contributed by atoms with Crippen LogP contribution in [0.4, 0.5) is 0 Å². The average Bonchev–Trinajstić information content (AvgIpc) is 2.98. The minimum absolute atomic E-state index is 0.113. The van der Waals surface area contributed by atoms with Crippen molar-refractivity contribution in [2.45, 2.75) is 26.0 Å². The van der Waals surface area contributed by atoms with Gasteiger partial charge in [0.1, 0.15) is 24.3 Å². The highest BCUT2D eigenvalue weighted by Gasteiger charge is 2.14. The standard InChI is InChI=1S/C19H20N2O4/c1-2-18-20-16-5-3-4-6-17(16)21(18)11-14(22)12-25-15-9-7-13(8-10-15)19(23)24/h3-10,14,22H,2,11-12H2,1H3,(H,23,24)/t14-/m1/s1. The lowest BCUT2D eigenvalue weighted by atomic mass is 10.2. The van der Waals surface area contributed by atoms with E-state index in [1.54, 1.807) is 12.1 Å². The van der Waals surface area contributed by atoms with Crippen LogP contribution >= 0.6 is 0 Å². The maximum atomic E-state index is 10.8. The van der Waals surface area contributed by atoms with Gasteiger partial charge in [0.15, 0.2) is 0 Å². The van der Waals surface area contributed by atoms with Gasteiger partial charge in [-0.2, -0.15) is 0 Å². The Kier molecular flexibility index (Phi) is 5.00. The molecular weight excluding hydrogens is 320 g/mol. The van der Waals surface area contributed by atoms with Gasteiger partial charge >= 0.3 is 5.97 Å². The van der Waals surface area contributed by atoms with Crippen molar-refractivity contribution in [3.63, 3.8) is 0 Å². The molecule has 0 bridgehead atoms. The number of para-hydroxylation sites is 2. The SMILES string of the molecule is CCc1nc2ccccc2n1C[C@@H](O)COc1ccc(C(=O)O)cc1. The van der Waals surface area contributed by atoms with Crippen molar-refractivity contribution < 1.29 is 19.7 Å². The number of aliphatic hydroxyl groups excluding tert-OH is 1. The van der Waals surface area contributed by atoms with E-state index in [-0.39, 0.29) is 12.2 Å². The topological polar surface area (TPSA) is 84.6 Å². The van der Waals surface area contributed by atoms with Crippen molar-refractivity contribution in [2.75, 3.05) is 6.61 Å². The third kappa shape index (κ3) is 3.80. The number of rotatable bonds is 7. The monoisotopic (exact) mass is 340 g/mol. The van der Waals surface area contributed by atoms with E-state index in [9.17, 15) is 9.90 Å².